The van der Waals surface area contributed by atoms with Crippen molar-refractivity contribution in [1.82, 2.24) is 5.16 Å². The van der Waals surface area contributed by atoms with Gasteiger partial charge in [0.1, 0.15) is 11.6 Å². The second kappa shape index (κ2) is 5.04. The van der Waals surface area contributed by atoms with Crippen molar-refractivity contribution >= 4 is 21.4 Å². The number of aromatic nitrogens is 1. The van der Waals surface area contributed by atoms with Gasteiger partial charge in [-0.1, -0.05) is 5.16 Å². The van der Waals surface area contributed by atoms with E-state index in [1.54, 1.807) is 6.92 Å². The number of sulfone groups is 1. The molecule has 106 valence electrons. The molecular formula is C12H11FN2O4S. The Labute approximate surface area is 114 Å². The highest BCUT2D eigenvalue weighted by atomic mass is 32.2. The Balaban J connectivity index is 2.31. The van der Waals surface area contributed by atoms with E-state index in [2.05, 4.69) is 10.5 Å². The number of nitrogens with one attached hydrogen (secondary N) is 1. The molecule has 2 aromatic rings. The highest BCUT2D eigenvalue weighted by molar-refractivity contribution is 7.90. The van der Waals surface area contributed by atoms with Gasteiger partial charge in [0.05, 0.1) is 10.6 Å². The average molecular weight is 298 g/mol. The molecule has 1 amide bonds. The first-order chi connectivity index (χ1) is 9.27. The fraction of sp³-hybridized carbons (Fsp3) is 0.167. The lowest BCUT2D eigenvalue weighted by molar-refractivity contribution is 0.101. The molecule has 1 N–H and O–H groups in total. The number of amides is 1. The normalized spacial score (nSPS) is 11.3. The zero-order valence-corrected chi connectivity index (χ0v) is 11.5. The number of hydrogen-bond acceptors (Lipinski definition) is 5. The van der Waals surface area contributed by atoms with Crippen LogP contribution in [0.1, 0.15) is 16.2 Å². The van der Waals surface area contributed by atoms with Crippen molar-refractivity contribution in [3.8, 4) is 0 Å². The maximum atomic E-state index is 13.6. The first-order valence-electron chi connectivity index (χ1n) is 5.51. The summed E-state index contributed by atoms with van der Waals surface area (Å²) >= 11 is 0. The highest BCUT2D eigenvalue weighted by Gasteiger charge is 2.16. The van der Waals surface area contributed by atoms with Gasteiger partial charge in [0.25, 0.3) is 5.91 Å². The van der Waals surface area contributed by atoms with Gasteiger partial charge in [-0.15, -0.1) is 0 Å². The Kier molecular flexibility index (Phi) is 3.58. The number of hydrogen-bond donors (Lipinski definition) is 1. The molecule has 0 saturated carbocycles. The summed E-state index contributed by atoms with van der Waals surface area (Å²) in [4.78, 5) is 11.7. The third-order valence-electron chi connectivity index (χ3n) is 2.47. The molecule has 0 atom stereocenters. The van der Waals surface area contributed by atoms with E-state index in [-0.39, 0.29) is 16.3 Å². The largest absolute Gasteiger partial charge is 0.361 e. The van der Waals surface area contributed by atoms with Crippen molar-refractivity contribution in [1.29, 1.82) is 0 Å². The molecule has 0 aliphatic heterocycles. The number of anilines is 1. The van der Waals surface area contributed by atoms with Crippen molar-refractivity contribution in [2.75, 3.05) is 11.6 Å². The number of halogens is 1. The summed E-state index contributed by atoms with van der Waals surface area (Å²) in [5, 5.41) is 5.74. The minimum absolute atomic E-state index is 0.0216. The van der Waals surface area contributed by atoms with Gasteiger partial charge < -0.3 is 9.84 Å². The molecule has 0 unspecified atom stereocenters. The maximum Gasteiger partial charge on any atom is 0.277 e. The molecule has 0 bridgehead atoms. The van der Waals surface area contributed by atoms with Crippen molar-refractivity contribution in [2.24, 2.45) is 0 Å². The summed E-state index contributed by atoms with van der Waals surface area (Å²) in [6, 6.07) is 4.53. The van der Waals surface area contributed by atoms with Crippen LogP contribution in [0.15, 0.2) is 33.7 Å². The standard InChI is InChI=1S/C12H11FN2O4S/c1-7-5-11(15-19-7)12(16)14-10-6-8(20(2,17)18)3-4-9(10)13/h3-6H,1-2H3,(H,14,16). The van der Waals surface area contributed by atoms with E-state index in [1.165, 1.54) is 6.07 Å². The van der Waals surface area contributed by atoms with Crippen LogP contribution >= 0.6 is 0 Å². The van der Waals surface area contributed by atoms with Crippen LogP contribution in [-0.4, -0.2) is 25.7 Å². The van der Waals surface area contributed by atoms with Crippen molar-refractivity contribution < 1.29 is 22.1 Å². The number of carbonyl (C=O) groups excluding carboxylic acids is 1. The highest BCUT2D eigenvalue weighted by Crippen LogP contribution is 2.20. The number of nitrogens with zero attached hydrogens (tertiary/aromatic N) is 1. The molecule has 0 aliphatic carbocycles. The SMILES string of the molecule is Cc1cc(C(=O)Nc2cc(S(C)(=O)=O)ccc2F)no1. The predicted molar refractivity (Wildman–Crippen MR) is 68.7 cm³/mol. The number of carbonyl (C=O) groups is 1. The molecule has 0 aliphatic rings. The first-order valence-corrected chi connectivity index (χ1v) is 7.41. The summed E-state index contributed by atoms with van der Waals surface area (Å²) in [6.45, 7) is 1.61. The number of aryl methyl sites for hydroxylation is 1. The van der Waals surface area contributed by atoms with Crippen LogP contribution in [0, 0.1) is 12.7 Å². The molecule has 0 spiro atoms. The fourth-order valence-electron chi connectivity index (χ4n) is 1.49. The van der Waals surface area contributed by atoms with Gasteiger partial charge in [-0.05, 0) is 25.1 Å². The summed E-state index contributed by atoms with van der Waals surface area (Å²) in [5.74, 6) is -1.00. The Bertz CT molecular complexity index is 768. The van der Waals surface area contributed by atoms with Crippen LogP contribution in [0.2, 0.25) is 0 Å². The fourth-order valence-corrected chi connectivity index (χ4v) is 2.14. The second-order valence-corrected chi connectivity index (χ2v) is 6.21. The van der Waals surface area contributed by atoms with E-state index < -0.39 is 21.6 Å². The molecule has 2 rings (SSSR count). The van der Waals surface area contributed by atoms with E-state index in [9.17, 15) is 17.6 Å². The summed E-state index contributed by atoms with van der Waals surface area (Å²) in [7, 11) is -3.49. The van der Waals surface area contributed by atoms with E-state index in [4.69, 9.17) is 4.52 Å². The van der Waals surface area contributed by atoms with Crippen molar-refractivity contribution in [3.05, 3.63) is 41.5 Å². The maximum absolute atomic E-state index is 13.6. The lowest BCUT2D eigenvalue weighted by Gasteiger charge is -2.06. The molecule has 8 heteroatoms. The summed E-state index contributed by atoms with van der Waals surface area (Å²) < 4.78 is 41.1. The third kappa shape index (κ3) is 3.02. The zero-order valence-electron chi connectivity index (χ0n) is 10.7. The van der Waals surface area contributed by atoms with Crippen LogP contribution in [0.4, 0.5) is 10.1 Å². The van der Waals surface area contributed by atoms with Gasteiger partial charge in [0.15, 0.2) is 15.5 Å². The third-order valence-corrected chi connectivity index (χ3v) is 3.59. The van der Waals surface area contributed by atoms with Gasteiger partial charge in [-0.3, -0.25) is 4.79 Å². The molecule has 0 radical (unpaired) electrons. The van der Waals surface area contributed by atoms with Gasteiger partial charge in [-0.2, -0.15) is 0 Å². The zero-order chi connectivity index (χ0) is 14.9. The molecule has 1 aromatic carbocycles. The molecule has 20 heavy (non-hydrogen) atoms. The van der Waals surface area contributed by atoms with Crippen LogP contribution in [0.25, 0.3) is 0 Å². The Morgan fingerprint density at radius 1 is 1.35 bits per heavy atom. The molecule has 1 heterocycles. The Morgan fingerprint density at radius 2 is 2.05 bits per heavy atom. The Hall–Kier alpha value is -2.22. The summed E-state index contributed by atoms with van der Waals surface area (Å²) in [5.41, 5.74) is -0.259. The van der Waals surface area contributed by atoms with Gasteiger partial charge in [0.2, 0.25) is 0 Å². The minimum Gasteiger partial charge on any atom is -0.361 e. The second-order valence-electron chi connectivity index (χ2n) is 4.19. The molecular weight excluding hydrogens is 287 g/mol. The van der Waals surface area contributed by atoms with Crippen LogP contribution in [0.5, 0.6) is 0 Å². The lowest BCUT2D eigenvalue weighted by Crippen LogP contribution is -2.14. The molecule has 0 saturated heterocycles. The number of rotatable bonds is 3. The van der Waals surface area contributed by atoms with Gasteiger partial charge >= 0.3 is 0 Å². The smallest absolute Gasteiger partial charge is 0.277 e. The van der Waals surface area contributed by atoms with E-state index >= 15 is 0 Å². The van der Waals surface area contributed by atoms with Crippen LogP contribution < -0.4 is 5.32 Å². The van der Waals surface area contributed by atoms with Gasteiger partial charge in [-0.25, -0.2) is 12.8 Å². The molecule has 0 fully saturated rings. The molecule has 1 aromatic heterocycles. The van der Waals surface area contributed by atoms with Crippen molar-refractivity contribution in [3.63, 3.8) is 0 Å². The van der Waals surface area contributed by atoms with E-state index in [1.807, 2.05) is 0 Å². The quantitative estimate of drug-likeness (QED) is 0.872. The van der Waals surface area contributed by atoms with Crippen LogP contribution in [0.3, 0.4) is 0 Å². The van der Waals surface area contributed by atoms with Gasteiger partial charge in [0, 0.05) is 12.3 Å². The minimum atomic E-state index is -3.49. The number of benzene rings is 1. The lowest BCUT2D eigenvalue weighted by atomic mass is 10.3. The van der Waals surface area contributed by atoms with E-state index in [0.29, 0.717) is 5.76 Å². The molecule has 6 nitrogen and oxygen atoms in total. The topological polar surface area (TPSA) is 89.3 Å². The monoisotopic (exact) mass is 298 g/mol. The van der Waals surface area contributed by atoms with E-state index in [0.717, 1.165) is 24.5 Å². The first kappa shape index (κ1) is 14.2. The summed E-state index contributed by atoms with van der Waals surface area (Å²) in [6.07, 6.45) is 0.993. The van der Waals surface area contributed by atoms with Crippen molar-refractivity contribution in [2.45, 2.75) is 11.8 Å². The van der Waals surface area contributed by atoms with Crippen LogP contribution in [-0.2, 0) is 9.84 Å². The predicted octanol–water partition coefficient (Wildman–Crippen LogP) is 1.78. The Morgan fingerprint density at radius 3 is 2.60 bits per heavy atom. The average Bonchev–Trinajstić information content (AvgIpc) is 2.77.